The Morgan fingerprint density at radius 2 is 1.79 bits per heavy atom. The van der Waals surface area contributed by atoms with Gasteiger partial charge in [0.1, 0.15) is 0 Å². The number of aryl methyl sites for hydroxylation is 1. The minimum atomic E-state index is -3.66. The smallest absolute Gasteiger partial charge is 0.296 e. The second-order valence-electron chi connectivity index (χ2n) is 6.43. The van der Waals surface area contributed by atoms with Crippen molar-refractivity contribution in [2.45, 2.75) is 24.8 Å². The van der Waals surface area contributed by atoms with Crippen LogP contribution in [0, 0.1) is 12.8 Å². The molecule has 0 saturated carbocycles. The molecule has 1 fully saturated rings. The average molecular weight is 345 g/mol. The van der Waals surface area contributed by atoms with E-state index in [2.05, 4.69) is 17.0 Å². The first-order valence-corrected chi connectivity index (χ1v) is 9.66. The molecule has 24 heavy (non-hydrogen) atoms. The predicted octanol–water partition coefficient (Wildman–Crippen LogP) is 3.22. The Bertz CT molecular complexity index is 757. The van der Waals surface area contributed by atoms with Crippen LogP contribution in [0.4, 0.5) is 0 Å². The highest BCUT2D eigenvalue weighted by Gasteiger charge is 2.25. The fraction of sp³-hybridized carbons (Fsp3) is 0.368. The minimum Gasteiger partial charge on any atom is -0.299 e. The van der Waals surface area contributed by atoms with Crippen LogP contribution in [0.25, 0.3) is 0 Å². The van der Waals surface area contributed by atoms with Gasteiger partial charge in [0.15, 0.2) is 0 Å². The van der Waals surface area contributed by atoms with Gasteiger partial charge in [-0.15, -0.1) is 0 Å². The molecule has 0 amide bonds. The normalized spacial score (nSPS) is 18.8. The van der Waals surface area contributed by atoms with E-state index in [0.717, 1.165) is 31.6 Å². The zero-order valence-corrected chi connectivity index (χ0v) is 14.7. The Kier molecular flexibility index (Phi) is 5.33. The molecule has 1 saturated heterocycles. The van der Waals surface area contributed by atoms with Gasteiger partial charge in [0.2, 0.25) is 0 Å². The fourth-order valence-electron chi connectivity index (χ4n) is 2.99. The number of hydrogen-bond acceptors (Lipinski definition) is 4. The fourth-order valence-corrected chi connectivity index (χ4v) is 3.97. The van der Waals surface area contributed by atoms with Gasteiger partial charge in [-0.1, -0.05) is 48.0 Å². The van der Waals surface area contributed by atoms with Gasteiger partial charge in [0.05, 0.1) is 11.5 Å². The third kappa shape index (κ3) is 4.44. The maximum Gasteiger partial charge on any atom is 0.296 e. The van der Waals surface area contributed by atoms with Crippen LogP contribution in [0.3, 0.4) is 0 Å². The van der Waals surface area contributed by atoms with Crippen LogP contribution in [0.2, 0.25) is 0 Å². The molecule has 3 rings (SSSR count). The van der Waals surface area contributed by atoms with Gasteiger partial charge in [-0.2, -0.15) is 8.42 Å². The van der Waals surface area contributed by atoms with Crippen LogP contribution in [0.5, 0.6) is 0 Å². The van der Waals surface area contributed by atoms with E-state index in [4.69, 9.17) is 4.18 Å². The molecular weight excluding hydrogens is 322 g/mol. The highest BCUT2D eigenvalue weighted by atomic mass is 32.2. The molecule has 1 aliphatic heterocycles. The molecular formula is C19H23NO3S. The van der Waals surface area contributed by atoms with Crippen LogP contribution in [-0.4, -0.2) is 33.0 Å². The Balaban J connectivity index is 1.51. The predicted molar refractivity (Wildman–Crippen MR) is 94.1 cm³/mol. The molecule has 0 aliphatic carbocycles. The first-order chi connectivity index (χ1) is 11.5. The van der Waals surface area contributed by atoms with E-state index in [1.54, 1.807) is 24.3 Å². The summed E-state index contributed by atoms with van der Waals surface area (Å²) in [6, 6.07) is 17.1. The SMILES string of the molecule is Cc1ccc(S(=O)(=O)OCC2CCN(Cc3ccccc3)C2)cc1. The van der Waals surface area contributed by atoms with Gasteiger partial charge in [-0.05, 0) is 43.5 Å². The first kappa shape index (κ1) is 17.1. The second-order valence-corrected chi connectivity index (χ2v) is 8.04. The summed E-state index contributed by atoms with van der Waals surface area (Å²) in [7, 11) is -3.66. The summed E-state index contributed by atoms with van der Waals surface area (Å²) in [5.41, 5.74) is 2.31. The van der Waals surface area contributed by atoms with Crippen LogP contribution in [0.15, 0.2) is 59.5 Å². The van der Waals surface area contributed by atoms with Gasteiger partial charge >= 0.3 is 0 Å². The van der Waals surface area contributed by atoms with Gasteiger partial charge in [0.25, 0.3) is 10.1 Å². The summed E-state index contributed by atoms with van der Waals surface area (Å²) < 4.78 is 29.8. The van der Waals surface area contributed by atoms with E-state index in [1.165, 1.54) is 5.56 Å². The standard InChI is InChI=1S/C19H23NO3S/c1-16-7-9-19(10-8-16)24(21,22)23-15-18-11-12-20(14-18)13-17-5-3-2-4-6-17/h2-10,18H,11-15H2,1H3. The number of rotatable bonds is 6. The van der Waals surface area contributed by atoms with E-state index >= 15 is 0 Å². The summed E-state index contributed by atoms with van der Waals surface area (Å²) in [4.78, 5) is 2.58. The molecule has 0 radical (unpaired) electrons. The third-order valence-corrected chi connectivity index (χ3v) is 5.68. The maximum absolute atomic E-state index is 12.2. The van der Waals surface area contributed by atoms with E-state index in [1.807, 2.05) is 25.1 Å². The monoisotopic (exact) mass is 345 g/mol. The lowest BCUT2D eigenvalue weighted by Crippen LogP contribution is -2.22. The van der Waals surface area contributed by atoms with Crippen LogP contribution >= 0.6 is 0 Å². The van der Waals surface area contributed by atoms with Crippen molar-refractivity contribution in [2.75, 3.05) is 19.7 Å². The highest BCUT2D eigenvalue weighted by Crippen LogP contribution is 2.21. The quantitative estimate of drug-likeness (QED) is 0.754. The molecule has 1 aliphatic rings. The summed E-state index contributed by atoms with van der Waals surface area (Å²) in [5, 5.41) is 0. The summed E-state index contributed by atoms with van der Waals surface area (Å²) in [5.74, 6) is 0.258. The van der Waals surface area contributed by atoms with Crippen LogP contribution < -0.4 is 0 Å². The van der Waals surface area contributed by atoms with E-state index in [0.29, 0.717) is 0 Å². The zero-order valence-electron chi connectivity index (χ0n) is 13.9. The summed E-state index contributed by atoms with van der Waals surface area (Å²) in [6.45, 7) is 4.94. The Morgan fingerprint density at radius 1 is 1.08 bits per heavy atom. The van der Waals surface area contributed by atoms with Crippen molar-refractivity contribution >= 4 is 10.1 Å². The number of benzene rings is 2. The van der Waals surface area contributed by atoms with E-state index < -0.39 is 10.1 Å². The molecule has 1 unspecified atom stereocenters. The molecule has 0 aromatic heterocycles. The molecule has 0 N–H and O–H groups in total. The molecule has 5 heteroatoms. The van der Waals surface area contributed by atoms with Crippen molar-refractivity contribution in [1.82, 2.24) is 4.90 Å². The topological polar surface area (TPSA) is 46.6 Å². The molecule has 1 heterocycles. The van der Waals surface area contributed by atoms with Gasteiger partial charge in [-0.3, -0.25) is 9.08 Å². The van der Waals surface area contributed by atoms with Crippen LogP contribution in [0.1, 0.15) is 17.5 Å². The van der Waals surface area contributed by atoms with Gasteiger partial charge in [-0.25, -0.2) is 0 Å². The zero-order chi connectivity index (χ0) is 17.0. The summed E-state index contributed by atoms with van der Waals surface area (Å²) in [6.07, 6.45) is 0.969. The Morgan fingerprint density at radius 3 is 2.50 bits per heavy atom. The third-order valence-electron chi connectivity index (χ3n) is 4.39. The second kappa shape index (κ2) is 7.47. The van der Waals surface area contributed by atoms with Gasteiger partial charge < -0.3 is 0 Å². The molecule has 128 valence electrons. The van der Waals surface area contributed by atoms with Crippen molar-refractivity contribution in [3.05, 3.63) is 65.7 Å². The average Bonchev–Trinajstić information content (AvgIpc) is 3.02. The van der Waals surface area contributed by atoms with Crippen molar-refractivity contribution < 1.29 is 12.6 Å². The largest absolute Gasteiger partial charge is 0.299 e. The van der Waals surface area contributed by atoms with E-state index in [-0.39, 0.29) is 17.4 Å². The number of nitrogens with zero attached hydrogens (tertiary/aromatic N) is 1. The first-order valence-electron chi connectivity index (χ1n) is 8.25. The maximum atomic E-state index is 12.2. The van der Waals surface area contributed by atoms with Crippen molar-refractivity contribution in [3.63, 3.8) is 0 Å². The lowest BCUT2D eigenvalue weighted by atomic mass is 10.1. The molecule has 2 aromatic carbocycles. The lowest BCUT2D eigenvalue weighted by molar-refractivity contribution is 0.243. The number of likely N-dealkylation sites (tertiary alicyclic amines) is 1. The van der Waals surface area contributed by atoms with E-state index in [9.17, 15) is 8.42 Å². The molecule has 2 aromatic rings. The minimum absolute atomic E-state index is 0.229. The van der Waals surface area contributed by atoms with Crippen molar-refractivity contribution in [1.29, 1.82) is 0 Å². The molecule has 0 bridgehead atoms. The van der Waals surface area contributed by atoms with Gasteiger partial charge in [0, 0.05) is 13.1 Å². The molecule has 1 atom stereocenters. The Labute approximate surface area is 144 Å². The molecule has 0 spiro atoms. The lowest BCUT2D eigenvalue weighted by Gasteiger charge is -2.16. The van der Waals surface area contributed by atoms with Crippen LogP contribution in [-0.2, 0) is 20.8 Å². The number of hydrogen-bond donors (Lipinski definition) is 0. The highest BCUT2D eigenvalue weighted by molar-refractivity contribution is 7.86. The molecule has 4 nitrogen and oxygen atoms in total. The summed E-state index contributed by atoms with van der Waals surface area (Å²) >= 11 is 0. The van der Waals surface area contributed by atoms with Crippen molar-refractivity contribution in [3.8, 4) is 0 Å². The van der Waals surface area contributed by atoms with Crippen molar-refractivity contribution in [2.24, 2.45) is 5.92 Å². The Hall–Kier alpha value is -1.69.